The Balaban J connectivity index is 2.02. The van der Waals surface area contributed by atoms with Gasteiger partial charge in [0.15, 0.2) is 0 Å². The summed E-state index contributed by atoms with van der Waals surface area (Å²) in [5.41, 5.74) is 9.15. The zero-order valence-corrected chi connectivity index (χ0v) is 13.2. The number of hydrogen-bond donors (Lipinski definition) is 2. The normalized spacial score (nSPS) is 21.4. The zero-order valence-electron chi connectivity index (χ0n) is 13.2. The van der Waals surface area contributed by atoms with Gasteiger partial charge >= 0.3 is 0 Å². The molecule has 1 aliphatic heterocycles. The molecule has 0 aliphatic carbocycles. The highest BCUT2D eigenvalue weighted by atomic mass is 16.5. The fourth-order valence-electron chi connectivity index (χ4n) is 3.39. The van der Waals surface area contributed by atoms with Gasteiger partial charge in [-0.1, -0.05) is 54.6 Å². The van der Waals surface area contributed by atoms with Crippen molar-refractivity contribution in [2.75, 3.05) is 13.7 Å². The zero-order chi connectivity index (χ0) is 16.2. The highest BCUT2D eigenvalue weighted by Gasteiger charge is 2.34. The van der Waals surface area contributed by atoms with Gasteiger partial charge in [-0.15, -0.1) is 0 Å². The van der Waals surface area contributed by atoms with Crippen LogP contribution in [-0.2, 0) is 16.0 Å². The number of nitrogens with one attached hydrogen (secondary N) is 1. The average Bonchev–Trinajstić information content (AvgIpc) is 2.59. The minimum atomic E-state index is -0.349. The van der Waals surface area contributed by atoms with E-state index in [2.05, 4.69) is 29.6 Å². The van der Waals surface area contributed by atoms with E-state index in [0.29, 0.717) is 13.0 Å². The number of carbonyl (C=O) groups is 1. The molecule has 0 radical (unpaired) electrons. The molecule has 0 aromatic heterocycles. The maximum absolute atomic E-state index is 11.8. The summed E-state index contributed by atoms with van der Waals surface area (Å²) in [6.45, 7) is 0.571. The molecule has 1 aliphatic rings. The van der Waals surface area contributed by atoms with Gasteiger partial charge in [-0.2, -0.15) is 0 Å². The van der Waals surface area contributed by atoms with Gasteiger partial charge in [-0.05, 0) is 23.1 Å². The van der Waals surface area contributed by atoms with E-state index in [1.807, 2.05) is 30.3 Å². The first-order valence-corrected chi connectivity index (χ1v) is 7.87. The van der Waals surface area contributed by atoms with E-state index in [-0.39, 0.29) is 23.9 Å². The van der Waals surface area contributed by atoms with Crippen LogP contribution in [0.25, 0.3) is 0 Å². The fraction of sp³-hybridized carbons (Fsp3) is 0.316. The van der Waals surface area contributed by atoms with Crippen molar-refractivity contribution in [2.45, 2.75) is 24.4 Å². The third-order valence-electron chi connectivity index (χ3n) is 4.51. The molecule has 1 heterocycles. The maximum atomic E-state index is 11.8. The third-order valence-corrected chi connectivity index (χ3v) is 4.51. The van der Waals surface area contributed by atoms with Crippen LogP contribution in [0.15, 0.2) is 54.6 Å². The van der Waals surface area contributed by atoms with E-state index in [9.17, 15) is 4.79 Å². The minimum absolute atomic E-state index is 0.000185. The molecule has 0 bridgehead atoms. The molecular formula is C19H22N2O2. The van der Waals surface area contributed by atoms with E-state index in [4.69, 9.17) is 10.5 Å². The van der Waals surface area contributed by atoms with Crippen molar-refractivity contribution in [3.05, 3.63) is 71.3 Å². The summed E-state index contributed by atoms with van der Waals surface area (Å²) < 4.78 is 5.47. The number of carbonyl (C=O) groups excluding carboxylic acids is 1. The third kappa shape index (κ3) is 3.28. The first kappa shape index (κ1) is 15.7. The van der Waals surface area contributed by atoms with Crippen molar-refractivity contribution in [3.63, 3.8) is 0 Å². The Kier molecular flexibility index (Phi) is 4.74. The van der Waals surface area contributed by atoms with E-state index >= 15 is 0 Å². The molecule has 2 unspecified atom stereocenters. The molecule has 3 N–H and O–H groups in total. The van der Waals surface area contributed by atoms with Crippen LogP contribution >= 0.6 is 0 Å². The molecule has 1 amide bonds. The summed E-state index contributed by atoms with van der Waals surface area (Å²) in [7, 11) is 1.70. The number of nitrogens with two attached hydrogens (primary N) is 1. The van der Waals surface area contributed by atoms with Crippen LogP contribution in [0.4, 0.5) is 0 Å². The number of primary amides is 1. The molecule has 3 atom stereocenters. The smallest absolute Gasteiger partial charge is 0.234 e. The van der Waals surface area contributed by atoms with Crippen LogP contribution in [0.3, 0.4) is 0 Å². The first-order valence-electron chi connectivity index (χ1n) is 7.87. The predicted molar refractivity (Wildman–Crippen MR) is 90.1 cm³/mol. The molecule has 0 fully saturated rings. The van der Waals surface area contributed by atoms with Crippen molar-refractivity contribution in [3.8, 4) is 0 Å². The number of ether oxygens (including phenoxy) is 1. The van der Waals surface area contributed by atoms with Gasteiger partial charge in [0.1, 0.15) is 0 Å². The van der Waals surface area contributed by atoms with Gasteiger partial charge in [0.05, 0.1) is 12.6 Å². The number of benzene rings is 2. The van der Waals surface area contributed by atoms with E-state index in [0.717, 1.165) is 0 Å². The number of amides is 1. The highest BCUT2D eigenvalue weighted by molar-refractivity contribution is 5.80. The van der Waals surface area contributed by atoms with Crippen molar-refractivity contribution >= 4 is 5.91 Å². The number of fused-ring (bicyclic) bond motifs is 1. The van der Waals surface area contributed by atoms with Crippen LogP contribution in [0.5, 0.6) is 0 Å². The van der Waals surface area contributed by atoms with Gasteiger partial charge < -0.3 is 10.5 Å². The average molecular weight is 310 g/mol. The lowest BCUT2D eigenvalue weighted by atomic mass is 9.81. The maximum Gasteiger partial charge on any atom is 0.234 e. The molecule has 120 valence electrons. The second-order valence-corrected chi connectivity index (χ2v) is 5.97. The quantitative estimate of drug-likeness (QED) is 0.889. The standard InChI is InChI=1S/C19H22N2O2/c1-23-12-16(13-7-3-2-4-8-13)18-15-10-6-5-9-14(15)11-17(21-18)19(20)22/h2-10,16-18,21H,11-12H2,1H3,(H2,20,22)/t16-,17?,18?/m1/s1. The van der Waals surface area contributed by atoms with Gasteiger partial charge in [0.25, 0.3) is 0 Å². The van der Waals surface area contributed by atoms with Gasteiger partial charge in [0.2, 0.25) is 5.91 Å². The minimum Gasteiger partial charge on any atom is -0.384 e. The lowest BCUT2D eigenvalue weighted by Gasteiger charge is -2.36. The molecule has 0 spiro atoms. The van der Waals surface area contributed by atoms with Gasteiger partial charge in [0, 0.05) is 19.1 Å². The second-order valence-electron chi connectivity index (χ2n) is 5.97. The predicted octanol–water partition coefficient (Wildman–Crippen LogP) is 2.16. The molecule has 2 aromatic carbocycles. The van der Waals surface area contributed by atoms with E-state index in [1.165, 1.54) is 16.7 Å². The highest BCUT2D eigenvalue weighted by Crippen LogP contribution is 2.36. The molecule has 0 saturated heterocycles. The number of hydrogen-bond acceptors (Lipinski definition) is 3. The topological polar surface area (TPSA) is 64.3 Å². The Labute approximate surface area is 136 Å². The molecule has 2 aromatic rings. The van der Waals surface area contributed by atoms with Gasteiger partial charge in [-0.3, -0.25) is 10.1 Å². The molecule has 23 heavy (non-hydrogen) atoms. The Morgan fingerprint density at radius 3 is 2.61 bits per heavy atom. The summed E-state index contributed by atoms with van der Waals surface area (Å²) in [4.78, 5) is 11.8. The van der Waals surface area contributed by atoms with Crippen LogP contribution in [-0.4, -0.2) is 25.7 Å². The summed E-state index contributed by atoms with van der Waals surface area (Å²) >= 11 is 0. The number of rotatable bonds is 5. The Morgan fingerprint density at radius 1 is 1.22 bits per heavy atom. The summed E-state index contributed by atoms with van der Waals surface area (Å²) in [5, 5.41) is 3.44. The van der Waals surface area contributed by atoms with E-state index < -0.39 is 0 Å². The van der Waals surface area contributed by atoms with Crippen LogP contribution in [0.2, 0.25) is 0 Å². The molecule has 4 heteroatoms. The van der Waals surface area contributed by atoms with Crippen molar-refractivity contribution in [1.82, 2.24) is 5.32 Å². The Morgan fingerprint density at radius 2 is 1.91 bits per heavy atom. The lowest BCUT2D eigenvalue weighted by molar-refractivity contribution is -0.120. The van der Waals surface area contributed by atoms with Crippen LogP contribution in [0, 0.1) is 0 Å². The largest absolute Gasteiger partial charge is 0.384 e. The monoisotopic (exact) mass is 310 g/mol. The Hall–Kier alpha value is -2.17. The summed E-state index contributed by atoms with van der Waals surface area (Å²) in [6.07, 6.45) is 0.635. The van der Waals surface area contributed by atoms with Crippen LogP contribution in [0.1, 0.15) is 28.7 Å². The lowest BCUT2D eigenvalue weighted by Crippen LogP contribution is -2.49. The van der Waals surface area contributed by atoms with Crippen LogP contribution < -0.4 is 11.1 Å². The molecule has 4 nitrogen and oxygen atoms in total. The molecule has 0 saturated carbocycles. The Bertz CT molecular complexity index is 672. The fourth-order valence-corrected chi connectivity index (χ4v) is 3.39. The van der Waals surface area contributed by atoms with Gasteiger partial charge in [-0.25, -0.2) is 0 Å². The van der Waals surface area contributed by atoms with Crippen molar-refractivity contribution < 1.29 is 9.53 Å². The summed E-state index contributed by atoms with van der Waals surface area (Å²) in [6, 6.07) is 18.1. The van der Waals surface area contributed by atoms with Crippen molar-refractivity contribution in [1.29, 1.82) is 0 Å². The SMILES string of the molecule is COC[C@H](c1ccccc1)C1NC(C(N)=O)Cc2ccccc21. The van der Waals surface area contributed by atoms with Crippen molar-refractivity contribution in [2.24, 2.45) is 5.73 Å². The second kappa shape index (κ2) is 6.94. The van der Waals surface area contributed by atoms with E-state index in [1.54, 1.807) is 7.11 Å². The number of methoxy groups -OCH3 is 1. The molecular weight excluding hydrogens is 288 g/mol. The first-order chi connectivity index (χ1) is 11.2. The summed E-state index contributed by atoms with van der Waals surface area (Å²) in [5.74, 6) is -0.196. The molecule has 3 rings (SSSR count).